The van der Waals surface area contributed by atoms with Crippen LogP contribution in [0.5, 0.6) is 0 Å². The van der Waals surface area contributed by atoms with Gasteiger partial charge < -0.3 is 6.74 Å². The average Bonchev–Trinajstić information content (AvgIpc) is 3.17. The van der Waals surface area contributed by atoms with Crippen molar-refractivity contribution in [1.29, 1.82) is 0 Å². The van der Waals surface area contributed by atoms with Crippen LogP contribution in [0.4, 0.5) is 4.79 Å². The van der Waals surface area contributed by atoms with Gasteiger partial charge in [0.1, 0.15) is 6.33 Å². The van der Waals surface area contributed by atoms with E-state index >= 15 is 0 Å². The number of aryl methyl sites for hydroxylation is 1. The number of halogens is 2. The number of urea groups is 1. The molecule has 0 atom stereocenters. The summed E-state index contributed by atoms with van der Waals surface area (Å²) < 4.78 is 28.5. The predicted octanol–water partition coefficient (Wildman–Crippen LogP) is 1.99. The standard InChI is InChI=1S/C23H20Cl2N4O3S.Na.H/c1-15-2-8-18(9-3-15)33(31,32)28-23(30)26-11-10-16-4-6-17(7-5-16)29-14-27-21-12-19(24)20(25)13-22(21)29;;/h2-9,12-14H,10-11H2,1H3,(H2,26,28,30);;/q;+1;-1. The Hall–Kier alpha value is -2.07. The third-order valence-corrected chi connectivity index (χ3v) is 7.13. The molecule has 0 fully saturated rings. The minimum Gasteiger partial charge on any atom is -1.00 e. The average molecular weight is 527 g/mol. The van der Waals surface area contributed by atoms with Crippen molar-refractivity contribution in [2.24, 2.45) is 0 Å². The molecule has 11 heteroatoms. The van der Waals surface area contributed by atoms with E-state index in [0.29, 0.717) is 16.5 Å². The summed E-state index contributed by atoms with van der Waals surface area (Å²) in [7, 11) is -3.91. The van der Waals surface area contributed by atoms with E-state index in [4.69, 9.17) is 23.2 Å². The van der Waals surface area contributed by atoms with E-state index in [2.05, 4.69) is 10.3 Å². The van der Waals surface area contributed by atoms with Crippen molar-refractivity contribution in [3.8, 4) is 5.69 Å². The van der Waals surface area contributed by atoms with Gasteiger partial charge in [0.25, 0.3) is 10.0 Å². The number of nitrogens with zero attached hydrogens (tertiary/aromatic N) is 2. The molecule has 0 spiro atoms. The van der Waals surface area contributed by atoms with Gasteiger partial charge in [0.15, 0.2) is 0 Å². The zero-order chi connectivity index (χ0) is 23.6. The summed E-state index contributed by atoms with van der Waals surface area (Å²) in [5, 5.41) is 3.48. The van der Waals surface area contributed by atoms with Crippen LogP contribution in [-0.2, 0) is 16.4 Å². The topological polar surface area (TPSA) is 93.1 Å². The van der Waals surface area contributed by atoms with E-state index in [0.717, 1.165) is 27.8 Å². The van der Waals surface area contributed by atoms with Crippen molar-refractivity contribution in [3.05, 3.63) is 88.2 Å². The minimum atomic E-state index is -3.91. The Morgan fingerprint density at radius 3 is 2.35 bits per heavy atom. The van der Waals surface area contributed by atoms with Crippen LogP contribution in [0.1, 0.15) is 12.6 Å². The molecule has 0 aliphatic rings. The first-order chi connectivity index (χ1) is 15.7. The number of carbonyl (C=O) groups is 1. The summed E-state index contributed by atoms with van der Waals surface area (Å²) in [5.74, 6) is 0. The molecule has 0 aliphatic heterocycles. The van der Waals surface area contributed by atoms with Crippen LogP contribution in [-0.4, -0.2) is 30.5 Å². The maximum absolute atomic E-state index is 12.3. The fraction of sp³-hybridized carbons (Fsp3) is 0.130. The van der Waals surface area contributed by atoms with Crippen LogP contribution in [0.25, 0.3) is 16.7 Å². The quantitative estimate of drug-likeness (QED) is 0.376. The van der Waals surface area contributed by atoms with Gasteiger partial charge in [-0.2, -0.15) is 0 Å². The van der Waals surface area contributed by atoms with Gasteiger partial charge >= 0.3 is 35.6 Å². The third kappa shape index (κ3) is 6.13. The first-order valence-electron chi connectivity index (χ1n) is 10.0. The molecule has 7 nitrogen and oxygen atoms in total. The van der Waals surface area contributed by atoms with Crippen LogP contribution in [0, 0.1) is 6.92 Å². The second kappa shape index (κ2) is 11.1. The van der Waals surface area contributed by atoms with Gasteiger partial charge in [-0.3, -0.25) is 4.57 Å². The van der Waals surface area contributed by atoms with Gasteiger partial charge in [0.05, 0.1) is 26.0 Å². The molecule has 0 saturated carbocycles. The summed E-state index contributed by atoms with van der Waals surface area (Å²) in [6, 6.07) is 16.7. The Morgan fingerprint density at radius 1 is 1.03 bits per heavy atom. The zero-order valence-electron chi connectivity index (χ0n) is 19.5. The SMILES string of the molecule is Cc1ccc(S(=O)(=O)NC(=O)NCCc2ccc(-n3cnc4cc(Cl)c(Cl)cc43)cc2)cc1.[H-].[Na+]. The van der Waals surface area contributed by atoms with E-state index in [9.17, 15) is 13.2 Å². The summed E-state index contributed by atoms with van der Waals surface area (Å²) in [6.07, 6.45) is 2.23. The largest absolute Gasteiger partial charge is 1.00 e. The van der Waals surface area contributed by atoms with E-state index in [-0.39, 0.29) is 42.4 Å². The van der Waals surface area contributed by atoms with Crippen molar-refractivity contribution in [3.63, 3.8) is 0 Å². The number of hydrogen-bond donors (Lipinski definition) is 2. The van der Waals surface area contributed by atoms with Crippen LogP contribution >= 0.6 is 23.2 Å². The van der Waals surface area contributed by atoms with Crippen LogP contribution in [0.15, 0.2) is 71.9 Å². The minimum absolute atomic E-state index is 0. The van der Waals surface area contributed by atoms with Gasteiger partial charge in [-0.05, 0) is 55.3 Å². The third-order valence-electron chi connectivity index (χ3n) is 5.06. The van der Waals surface area contributed by atoms with Crippen molar-refractivity contribution >= 4 is 50.3 Å². The van der Waals surface area contributed by atoms with Gasteiger partial charge in [0.2, 0.25) is 0 Å². The molecule has 1 aromatic heterocycles. The number of nitrogens with one attached hydrogen (secondary N) is 2. The Morgan fingerprint density at radius 2 is 1.68 bits per heavy atom. The van der Waals surface area contributed by atoms with Crippen molar-refractivity contribution in [2.45, 2.75) is 18.2 Å². The number of sulfonamides is 1. The molecule has 2 N–H and O–H groups in total. The zero-order valence-corrected chi connectivity index (χ0v) is 22.9. The van der Waals surface area contributed by atoms with Crippen LogP contribution in [0.3, 0.4) is 0 Å². The van der Waals surface area contributed by atoms with Crippen molar-refractivity contribution < 1.29 is 44.2 Å². The van der Waals surface area contributed by atoms with E-state index < -0.39 is 16.1 Å². The number of rotatable bonds is 6. The van der Waals surface area contributed by atoms with Crippen molar-refractivity contribution in [2.75, 3.05) is 6.54 Å². The molecule has 4 rings (SSSR count). The molecule has 2 amide bonds. The van der Waals surface area contributed by atoms with E-state index in [1.165, 1.54) is 12.1 Å². The first kappa shape index (κ1) is 26.5. The van der Waals surface area contributed by atoms with Gasteiger partial charge in [-0.1, -0.05) is 53.0 Å². The molecule has 1 heterocycles. The second-order valence-corrected chi connectivity index (χ2v) is 9.96. The predicted molar refractivity (Wildman–Crippen MR) is 131 cm³/mol. The molecule has 4 aromatic rings. The van der Waals surface area contributed by atoms with E-state index in [1.807, 2.05) is 40.5 Å². The Kier molecular flexibility index (Phi) is 8.67. The summed E-state index contributed by atoms with van der Waals surface area (Å²) in [5.41, 5.74) is 4.38. The first-order valence-corrected chi connectivity index (χ1v) is 12.3. The summed E-state index contributed by atoms with van der Waals surface area (Å²) in [4.78, 5) is 16.4. The molecule has 0 unspecified atom stereocenters. The number of imidazole rings is 1. The number of fused-ring (bicyclic) bond motifs is 1. The Labute approximate surface area is 231 Å². The Bertz CT molecular complexity index is 1430. The molecule has 3 aromatic carbocycles. The van der Waals surface area contributed by atoms with Gasteiger partial charge in [-0.25, -0.2) is 22.9 Å². The molecular formula is C23H21Cl2N4NaO3S. The fourth-order valence-corrected chi connectivity index (χ4v) is 4.53. The van der Waals surface area contributed by atoms with Crippen LogP contribution in [0.2, 0.25) is 10.0 Å². The van der Waals surface area contributed by atoms with Crippen LogP contribution < -0.4 is 39.6 Å². The molecule has 0 bridgehead atoms. The number of amides is 2. The fourth-order valence-electron chi connectivity index (χ4n) is 3.29. The summed E-state index contributed by atoms with van der Waals surface area (Å²) >= 11 is 12.2. The normalized spacial score (nSPS) is 11.1. The molecule has 0 radical (unpaired) electrons. The summed E-state index contributed by atoms with van der Waals surface area (Å²) in [6.45, 7) is 2.13. The number of aromatic nitrogens is 2. The number of benzene rings is 3. The molecule has 0 aliphatic carbocycles. The molecule has 34 heavy (non-hydrogen) atoms. The molecule has 172 valence electrons. The maximum atomic E-state index is 12.3. The maximum Gasteiger partial charge on any atom is 1.00 e. The Balaban J connectivity index is 0.00000216. The van der Waals surface area contributed by atoms with E-state index in [1.54, 1.807) is 30.6 Å². The molecule has 0 saturated heterocycles. The molecular weight excluding hydrogens is 506 g/mol. The second-order valence-electron chi connectivity index (χ2n) is 7.46. The number of carbonyl (C=O) groups excluding carboxylic acids is 1. The monoisotopic (exact) mass is 526 g/mol. The van der Waals surface area contributed by atoms with Crippen molar-refractivity contribution in [1.82, 2.24) is 19.6 Å². The smallest absolute Gasteiger partial charge is 1.00 e. The number of hydrogen-bond acceptors (Lipinski definition) is 4. The van der Waals surface area contributed by atoms with Gasteiger partial charge in [0, 0.05) is 12.2 Å². The van der Waals surface area contributed by atoms with Gasteiger partial charge in [-0.15, -0.1) is 0 Å².